The van der Waals surface area contributed by atoms with Gasteiger partial charge in [0.2, 0.25) is 5.91 Å². The molecule has 4 nitrogen and oxygen atoms in total. The maximum atomic E-state index is 12.4. The summed E-state index contributed by atoms with van der Waals surface area (Å²) < 4.78 is 5.31. The number of fused-ring (bicyclic) bond motifs is 1. The van der Waals surface area contributed by atoms with Gasteiger partial charge in [0, 0.05) is 25.3 Å². The molecule has 0 aromatic heterocycles. The summed E-state index contributed by atoms with van der Waals surface area (Å²) in [6.07, 6.45) is 5.39. The Morgan fingerprint density at radius 3 is 2.95 bits per heavy atom. The van der Waals surface area contributed by atoms with Gasteiger partial charge < -0.3 is 9.64 Å². The molecule has 4 heteroatoms. The summed E-state index contributed by atoms with van der Waals surface area (Å²) in [7, 11) is 1.66. The number of nitrogens with zero attached hydrogens (tertiary/aromatic N) is 1. The maximum absolute atomic E-state index is 12.4. The van der Waals surface area contributed by atoms with Crippen molar-refractivity contribution < 1.29 is 14.3 Å². The van der Waals surface area contributed by atoms with Crippen LogP contribution >= 0.6 is 0 Å². The summed E-state index contributed by atoms with van der Waals surface area (Å²) >= 11 is 0. The number of carbonyl (C=O) groups is 2. The van der Waals surface area contributed by atoms with Gasteiger partial charge in [-0.2, -0.15) is 0 Å². The Labute approximate surface area is 123 Å². The molecule has 1 spiro atoms. The molecule has 4 rings (SSSR count). The molecule has 3 aliphatic rings. The predicted molar refractivity (Wildman–Crippen MR) is 77.0 cm³/mol. The zero-order valence-electron chi connectivity index (χ0n) is 12.0. The number of hydrogen-bond donors (Lipinski definition) is 0. The van der Waals surface area contributed by atoms with Crippen LogP contribution in [0.1, 0.15) is 24.0 Å². The SMILES string of the molecule is COc1ccc2c(c1)CCN1C(=O)C[C@@H]3CC(=O)C=C[C@@]231. The van der Waals surface area contributed by atoms with Gasteiger partial charge in [0.1, 0.15) is 5.75 Å². The Morgan fingerprint density at radius 2 is 2.14 bits per heavy atom. The van der Waals surface area contributed by atoms with Gasteiger partial charge in [0.25, 0.3) is 0 Å². The fourth-order valence-electron chi connectivity index (χ4n) is 4.18. The largest absolute Gasteiger partial charge is 0.497 e. The van der Waals surface area contributed by atoms with Crippen LogP contribution in [0, 0.1) is 5.92 Å². The molecular weight excluding hydrogens is 266 g/mol. The van der Waals surface area contributed by atoms with Crippen molar-refractivity contribution in [3.63, 3.8) is 0 Å². The number of allylic oxidation sites excluding steroid dienone is 1. The van der Waals surface area contributed by atoms with Crippen molar-refractivity contribution in [1.29, 1.82) is 0 Å². The van der Waals surface area contributed by atoms with Crippen LogP contribution in [0.3, 0.4) is 0 Å². The molecule has 1 amide bonds. The third kappa shape index (κ3) is 1.56. The standard InChI is InChI=1S/C17H17NO3/c1-21-14-2-3-15-11(8-14)5-7-18-16(20)10-12-9-13(19)4-6-17(12,15)18/h2-4,6,8,12H,5,7,9-10H2,1H3/t12-,17-/m0/s1. The third-order valence-corrected chi connectivity index (χ3v) is 5.11. The number of carbonyl (C=O) groups excluding carboxylic acids is 2. The fraction of sp³-hybridized carbons (Fsp3) is 0.412. The molecule has 2 aliphatic heterocycles. The highest BCUT2D eigenvalue weighted by Crippen LogP contribution is 2.52. The van der Waals surface area contributed by atoms with Crippen molar-refractivity contribution in [2.24, 2.45) is 5.92 Å². The Bertz CT molecular complexity index is 679. The third-order valence-electron chi connectivity index (χ3n) is 5.11. The van der Waals surface area contributed by atoms with Crippen molar-refractivity contribution in [1.82, 2.24) is 4.90 Å². The average molecular weight is 283 g/mol. The highest BCUT2D eigenvalue weighted by Gasteiger charge is 2.56. The summed E-state index contributed by atoms with van der Waals surface area (Å²) in [6.45, 7) is 0.716. The second kappa shape index (κ2) is 4.20. The minimum Gasteiger partial charge on any atom is -0.497 e. The lowest BCUT2D eigenvalue weighted by molar-refractivity contribution is -0.131. The van der Waals surface area contributed by atoms with Gasteiger partial charge in [-0.25, -0.2) is 0 Å². The van der Waals surface area contributed by atoms with Gasteiger partial charge >= 0.3 is 0 Å². The van der Waals surface area contributed by atoms with Crippen LogP contribution in [-0.2, 0) is 21.5 Å². The molecule has 0 unspecified atom stereocenters. The molecule has 1 aromatic rings. The van der Waals surface area contributed by atoms with Gasteiger partial charge in [-0.3, -0.25) is 9.59 Å². The Hall–Kier alpha value is -2.10. The second-order valence-corrected chi connectivity index (χ2v) is 6.05. The lowest BCUT2D eigenvalue weighted by atomic mass is 9.70. The lowest BCUT2D eigenvalue weighted by Gasteiger charge is -2.46. The zero-order valence-corrected chi connectivity index (χ0v) is 12.0. The van der Waals surface area contributed by atoms with Crippen molar-refractivity contribution in [3.8, 4) is 5.75 Å². The number of benzene rings is 1. The fourth-order valence-corrected chi connectivity index (χ4v) is 4.18. The Kier molecular flexibility index (Phi) is 2.52. The number of amides is 1. The normalized spacial score (nSPS) is 30.0. The predicted octanol–water partition coefficient (Wildman–Crippen LogP) is 1.82. The maximum Gasteiger partial charge on any atom is 0.223 e. The molecular formula is C17H17NO3. The van der Waals surface area contributed by atoms with Gasteiger partial charge in [0.05, 0.1) is 12.6 Å². The van der Waals surface area contributed by atoms with Crippen LogP contribution in [0.15, 0.2) is 30.4 Å². The molecule has 2 heterocycles. The van der Waals surface area contributed by atoms with Gasteiger partial charge in [-0.05, 0) is 35.8 Å². The average Bonchev–Trinajstić information content (AvgIpc) is 2.78. The van der Waals surface area contributed by atoms with Crippen LogP contribution in [0.4, 0.5) is 0 Å². The summed E-state index contributed by atoms with van der Waals surface area (Å²) in [5.74, 6) is 1.20. The molecule has 0 radical (unpaired) electrons. The second-order valence-electron chi connectivity index (χ2n) is 6.05. The molecule has 1 fully saturated rings. The first-order valence-electron chi connectivity index (χ1n) is 7.35. The molecule has 1 aromatic carbocycles. The quantitative estimate of drug-likeness (QED) is 0.790. The topological polar surface area (TPSA) is 46.6 Å². The van der Waals surface area contributed by atoms with E-state index < -0.39 is 5.54 Å². The first-order chi connectivity index (χ1) is 10.1. The lowest BCUT2D eigenvalue weighted by Crippen LogP contribution is -2.51. The van der Waals surface area contributed by atoms with Crippen molar-refractivity contribution >= 4 is 11.7 Å². The molecule has 108 valence electrons. The molecule has 0 saturated carbocycles. The molecule has 1 aliphatic carbocycles. The van der Waals surface area contributed by atoms with Crippen molar-refractivity contribution in [2.45, 2.75) is 24.8 Å². The van der Waals surface area contributed by atoms with E-state index in [-0.39, 0.29) is 17.6 Å². The van der Waals surface area contributed by atoms with E-state index in [1.807, 2.05) is 17.0 Å². The number of ketones is 1. The van der Waals surface area contributed by atoms with Gasteiger partial charge in [0.15, 0.2) is 5.78 Å². The summed E-state index contributed by atoms with van der Waals surface area (Å²) in [6, 6.07) is 6.07. The van der Waals surface area contributed by atoms with Crippen LogP contribution in [0.2, 0.25) is 0 Å². The minimum absolute atomic E-state index is 0.0648. The van der Waals surface area contributed by atoms with E-state index in [0.717, 1.165) is 17.7 Å². The first kappa shape index (κ1) is 12.6. The molecule has 1 saturated heterocycles. The van der Waals surface area contributed by atoms with Gasteiger partial charge in [-0.15, -0.1) is 0 Å². The van der Waals surface area contributed by atoms with E-state index in [1.54, 1.807) is 13.2 Å². The van der Waals surface area contributed by atoms with Crippen LogP contribution in [-0.4, -0.2) is 30.2 Å². The highest BCUT2D eigenvalue weighted by atomic mass is 16.5. The van der Waals surface area contributed by atoms with E-state index >= 15 is 0 Å². The van der Waals surface area contributed by atoms with E-state index in [1.165, 1.54) is 5.56 Å². The first-order valence-corrected chi connectivity index (χ1v) is 7.35. The highest BCUT2D eigenvalue weighted by molar-refractivity contribution is 5.94. The van der Waals surface area contributed by atoms with E-state index in [0.29, 0.717) is 19.4 Å². The van der Waals surface area contributed by atoms with Crippen molar-refractivity contribution in [3.05, 3.63) is 41.5 Å². The number of hydrogen-bond acceptors (Lipinski definition) is 3. The van der Waals surface area contributed by atoms with Crippen LogP contribution < -0.4 is 4.74 Å². The van der Waals surface area contributed by atoms with E-state index in [4.69, 9.17) is 4.74 Å². The minimum atomic E-state index is -0.412. The summed E-state index contributed by atoms with van der Waals surface area (Å²) in [5.41, 5.74) is 1.98. The monoisotopic (exact) mass is 283 g/mol. The van der Waals surface area contributed by atoms with Crippen molar-refractivity contribution in [2.75, 3.05) is 13.7 Å². The number of rotatable bonds is 1. The van der Waals surface area contributed by atoms with Crippen LogP contribution in [0.25, 0.3) is 0 Å². The summed E-state index contributed by atoms with van der Waals surface area (Å²) in [4.78, 5) is 26.1. The Balaban J connectivity index is 1.93. The number of ether oxygens (including phenoxy) is 1. The van der Waals surface area contributed by atoms with E-state index in [9.17, 15) is 9.59 Å². The zero-order chi connectivity index (χ0) is 14.6. The van der Waals surface area contributed by atoms with E-state index in [2.05, 4.69) is 12.1 Å². The smallest absolute Gasteiger partial charge is 0.223 e. The Morgan fingerprint density at radius 1 is 1.29 bits per heavy atom. The van der Waals surface area contributed by atoms with Gasteiger partial charge in [-0.1, -0.05) is 12.1 Å². The van der Waals surface area contributed by atoms with Crippen LogP contribution in [0.5, 0.6) is 5.75 Å². The molecule has 21 heavy (non-hydrogen) atoms. The number of methoxy groups -OCH3 is 1. The molecule has 2 atom stereocenters. The molecule has 0 bridgehead atoms. The molecule has 0 N–H and O–H groups in total. The summed E-state index contributed by atoms with van der Waals surface area (Å²) in [5, 5.41) is 0.